The van der Waals surface area contributed by atoms with Crippen molar-refractivity contribution in [2.75, 3.05) is 25.5 Å². The van der Waals surface area contributed by atoms with E-state index >= 15 is 0 Å². The minimum absolute atomic E-state index is 0.0345. The normalized spacial score (nSPS) is 10.3. The molecule has 0 unspecified atom stereocenters. The lowest BCUT2D eigenvalue weighted by Gasteiger charge is -2.09. The van der Waals surface area contributed by atoms with Gasteiger partial charge in [-0.25, -0.2) is 4.79 Å². The van der Waals surface area contributed by atoms with Crippen molar-refractivity contribution in [3.63, 3.8) is 0 Å². The van der Waals surface area contributed by atoms with Crippen LogP contribution in [0.5, 0.6) is 0 Å². The van der Waals surface area contributed by atoms with E-state index in [4.69, 9.17) is 0 Å². The Hall–Kier alpha value is -2.04. The van der Waals surface area contributed by atoms with Crippen molar-refractivity contribution in [3.8, 4) is 0 Å². The molecule has 0 bridgehead atoms. The van der Waals surface area contributed by atoms with Gasteiger partial charge < -0.3 is 15.4 Å². The molecule has 1 aromatic rings. The predicted octanol–water partition coefficient (Wildman–Crippen LogP) is 2.44. The summed E-state index contributed by atoms with van der Waals surface area (Å²) in [6, 6.07) is 7.03. The average Bonchev–Trinajstić information content (AvgIpc) is 2.46. The number of rotatable bonds is 8. The summed E-state index contributed by atoms with van der Waals surface area (Å²) in [7, 11) is 1.35. The minimum atomic E-state index is -0.370. The van der Waals surface area contributed by atoms with Gasteiger partial charge >= 0.3 is 5.97 Å². The van der Waals surface area contributed by atoms with Crippen molar-refractivity contribution < 1.29 is 14.3 Å². The summed E-state index contributed by atoms with van der Waals surface area (Å²) in [5.41, 5.74) is 1.29. The van der Waals surface area contributed by atoms with Gasteiger partial charge in [0, 0.05) is 25.2 Å². The SMILES string of the molecule is COC(=O)c1cccc(NCCC(=O)NCCC(C)C)c1. The third-order valence-electron chi connectivity index (χ3n) is 3.01. The van der Waals surface area contributed by atoms with Crippen molar-refractivity contribution >= 4 is 17.6 Å². The van der Waals surface area contributed by atoms with Crippen LogP contribution in [0.25, 0.3) is 0 Å². The van der Waals surface area contributed by atoms with Gasteiger partial charge in [-0.3, -0.25) is 4.79 Å². The van der Waals surface area contributed by atoms with Gasteiger partial charge in [-0.1, -0.05) is 19.9 Å². The van der Waals surface area contributed by atoms with Crippen LogP contribution >= 0.6 is 0 Å². The lowest BCUT2D eigenvalue weighted by Crippen LogP contribution is -2.27. The first-order valence-corrected chi connectivity index (χ1v) is 7.22. The average molecular weight is 292 g/mol. The Bertz CT molecular complexity index is 472. The van der Waals surface area contributed by atoms with Gasteiger partial charge in [-0.15, -0.1) is 0 Å². The fourth-order valence-corrected chi connectivity index (χ4v) is 1.78. The van der Waals surface area contributed by atoms with Crippen LogP contribution in [-0.2, 0) is 9.53 Å². The summed E-state index contributed by atoms with van der Waals surface area (Å²) in [6.07, 6.45) is 1.39. The maximum atomic E-state index is 11.6. The molecule has 0 spiro atoms. The summed E-state index contributed by atoms with van der Waals surface area (Å²) in [5.74, 6) is 0.252. The molecule has 2 N–H and O–H groups in total. The van der Waals surface area contributed by atoms with Gasteiger partial charge in [-0.2, -0.15) is 0 Å². The number of esters is 1. The molecule has 1 rings (SSSR count). The number of methoxy groups -OCH3 is 1. The summed E-state index contributed by atoms with van der Waals surface area (Å²) in [5, 5.41) is 6.01. The Morgan fingerprint density at radius 1 is 1.24 bits per heavy atom. The predicted molar refractivity (Wildman–Crippen MR) is 83.4 cm³/mol. The molecule has 1 aromatic carbocycles. The highest BCUT2D eigenvalue weighted by atomic mass is 16.5. The van der Waals surface area contributed by atoms with Gasteiger partial charge in [0.05, 0.1) is 12.7 Å². The highest BCUT2D eigenvalue weighted by molar-refractivity contribution is 5.90. The number of carbonyl (C=O) groups is 2. The maximum absolute atomic E-state index is 11.6. The zero-order chi connectivity index (χ0) is 15.7. The fourth-order valence-electron chi connectivity index (χ4n) is 1.78. The second-order valence-electron chi connectivity index (χ2n) is 5.28. The third kappa shape index (κ3) is 6.79. The van der Waals surface area contributed by atoms with E-state index in [1.54, 1.807) is 18.2 Å². The van der Waals surface area contributed by atoms with Crippen LogP contribution in [0.1, 0.15) is 37.0 Å². The number of benzene rings is 1. The summed E-state index contributed by atoms with van der Waals surface area (Å²) in [6.45, 7) is 5.50. The quantitative estimate of drug-likeness (QED) is 0.722. The second kappa shape index (κ2) is 9.00. The molecule has 0 saturated carbocycles. The molecular weight excluding hydrogens is 268 g/mol. The highest BCUT2D eigenvalue weighted by Gasteiger charge is 2.06. The van der Waals surface area contributed by atoms with E-state index in [1.807, 2.05) is 6.07 Å². The minimum Gasteiger partial charge on any atom is -0.465 e. The van der Waals surface area contributed by atoms with Gasteiger partial charge in [-0.05, 0) is 30.5 Å². The highest BCUT2D eigenvalue weighted by Crippen LogP contribution is 2.11. The molecule has 0 saturated heterocycles. The molecule has 5 heteroatoms. The summed E-state index contributed by atoms with van der Waals surface area (Å²) < 4.78 is 4.67. The first-order valence-electron chi connectivity index (χ1n) is 7.22. The van der Waals surface area contributed by atoms with Crippen molar-refractivity contribution in [3.05, 3.63) is 29.8 Å². The van der Waals surface area contributed by atoms with Gasteiger partial charge in [0.2, 0.25) is 5.91 Å². The molecule has 0 aliphatic carbocycles. The monoisotopic (exact) mass is 292 g/mol. The van der Waals surface area contributed by atoms with E-state index in [-0.39, 0.29) is 11.9 Å². The van der Waals surface area contributed by atoms with E-state index in [9.17, 15) is 9.59 Å². The number of carbonyl (C=O) groups excluding carboxylic acids is 2. The van der Waals surface area contributed by atoms with E-state index < -0.39 is 0 Å². The lowest BCUT2D eigenvalue weighted by atomic mass is 10.1. The van der Waals surface area contributed by atoms with E-state index in [0.717, 1.165) is 12.1 Å². The smallest absolute Gasteiger partial charge is 0.337 e. The lowest BCUT2D eigenvalue weighted by molar-refractivity contribution is -0.120. The van der Waals surface area contributed by atoms with Crippen LogP contribution < -0.4 is 10.6 Å². The first kappa shape index (κ1) is 17.0. The molecule has 0 aliphatic rings. The van der Waals surface area contributed by atoms with Gasteiger partial charge in [0.1, 0.15) is 0 Å². The number of ether oxygens (including phenoxy) is 1. The molecule has 1 amide bonds. The molecule has 0 atom stereocenters. The van der Waals surface area contributed by atoms with Crippen LogP contribution in [0.15, 0.2) is 24.3 Å². The van der Waals surface area contributed by atoms with Crippen molar-refractivity contribution in [1.82, 2.24) is 5.32 Å². The van der Waals surface area contributed by atoms with Crippen LogP contribution in [0.3, 0.4) is 0 Å². The Labute approximate surface area is 126 Å². The number of anilines is 1. The third-order valence-corrected chi connectivity index (χ3v) is 3.01. The number of nitrogens with one attached hydrogen (secondary N) is 2. The molecule has 0 fully saturated rings. The molecule has 5 nitrogen and oxygen atoms in total. The summed E-state index contributed by atoms with van der Waals surface area (Å²) >= 11 is 0. The first-order chi connectivity index (χ1) is 10.0. The van der Waals surface area contributed by atoms with Gasteiger partial charge in [0.15, 0.2) is 0 Å². The topological polar surface area (TPSA) is 67.4 Å². The van der Waals surface area contributed by atoms with Crippen LogP contribution in [0.4, 0.5) is 5.69 Å². The van der Waals surface area contributed by atoms with E-state index in [0.29, 0.717) is 31.0 Å². The number of hydrogen-bond donors (Lipinski definition) is 2. The Morgan fingerprint density at radius 2 is 2.00 bits per heavy atom. The standard InChI is InChI=1S/C16H24N2O3/c1-12(2)7-9-18-15(19)8-10-17-14-6-4-5-13(11-14)16(20)21-3/h4-6,11-12,17H,7-10H2,1-3H3,(H,18,19). The van der Waals surface area contributed by atoms with Crippen LogP contribution in [0.2, 0.25) is 0 Å². The molecular formula is C16H24N2O3. The van der Waals surface area contributed by atoms with Crippen molar-refractivity contribution in [2.45, 2.75) is 26.7 Å². The zero-order valence-electron chi connectivity index (χ0n) is 12.9. The Balaban J connectivity index is 2.32. The van der Waals surface area contributed by atoms with Crippen molar-refractivity contribution in [1.29, 1.82) is 0 Å². The molecule has 0 aliphatic heterocycles. The molecule has 0 aromatic heterocycles. The summed E-state index contributed by atoms with van der Waals surface area (Å²) in [4.78, 5) is 23.0. The Kier molecular flexibility index (Phi) is 7.29. The molecule has 21 heavy (non-hydrogen) atoms. The zero-order valence-corrected chi connectivity index (χ0v) is 12.9. The van der Waals surface area contributed by atoms with Crippen LogP contribution in [-0.4, -0.2) is 32.1 Å². The van der Waals surface area contributed by atoms with E-state index in [2.05, 4.69) is 29.2 Å². The molecule has 0 heterocycles. The Morgan fingerprint density at radius 3 is 2.67 bits per heavy atom. The largest absolute Gasteiger partial charge is 0.465 e. The number of hydrogen-bond acceptors (Lipinski definition) is 4. The number of amides is 1. The fraction of sp³-hybridized carbons (Fsp3) is 0.500. The molecule has 0 radical (unpaired) electrons. The van der Waals surface area contributed by atoms with Gasteiger partial charge in [0.25, 0.3) is 0 Å². The van der Waals surface area contributed by atoms with E-state index in [1.165, 1.54) is 7.11 Å². The maximum Gasteiger partial charge on any atom is 0.337 e. The van der Waals surface area contributed by atoms with Crippen molar-refractivity contribution in [2.24, 2.45) is 5.92 Å². The van der Waals surface area contributed by atoms with Crippen LogP contribution in [0, 0.1) is 5.92 Å². The second-order valence-corrected chi connectivity index (χ2v) is 5.28. The molecule has 116 valence electrons.